The minimum Gasteiger partial charge on any atom is -0.347 e. The Kier molecular flexibility index (Phi) is 3.59. The fourth-order valence-electron chi connectivity index (χ4n) is 1.45. The van der Waals surface area contributed by atoms with Crippen molar-refractivity contribution in [1.82, 2.24) is 24.7 Å². The van der Waals surface area contributed by atoms with Crippen molar-refractivity contribution in [1.29, 1.82) is 0 Å². The molecule has 2 rings (SSSR count). The van der Waals surface area contributed by atoms with Crippen LogP contribution in [0.1, 0.15) is 25.6 Å². The summed E-state index contributed by atoms with van der Waals surface area (Å²) < 4.78 is 1.28. The maximum atomic E-state index is 10.7. The third-order valence-corrected chi connectivity index (χ3v) is 2.53. The van der Waals surface area contributed by atoms with Crippen molar-refractivity contribution in [3.05, 3.63) is 28.3 Å². The minimum atomic E-state index is -0.513. The fraction of sp³-hybridized carbons (Fsp3) is 0.455. The Balaban J connectivity index is 2.51. The summed E-state index contributed by atoms with van der Waals surface area (Å²) in [6.07, 6.45) is 2.44. The van der Waals surface area contributed by atoms with E-state index in [0.29, 0.717) is 11.8 Å². The standard InChI is InChI=1S/C11H15N7O2/c1-7(2)9-13-10(16(3)4)15-11(14-9)17-6-8(5-12-17)18(19)20/h5-7H,1-4H3. The van der Waals surface area contributed by atoms with E-state index in [1.807, 2.05) is 27.9 Å². The summed E-state index contributed by atoms with van der Waals surface area (Å²) in [4.78, 5) is 24.8. The molecule has 9 heteroatoms. The molecule has 0 aliphatic rings. The highest BCUT2D eigenvalue weighted by molar-refractivity contribution is 5.32. The lowest BCUT2D eigenvalue weighted by atomic mass is 10.2. The molecule has 0 radical (unpaired) electrons. The molecule has 0 aliphatic carbocycles. The van der Waals surface area contributed by atoms with Gasteiger partial charge in [0.2, 0.25) is 5.95 Å². The van der Waals surface area contributed by atoms with Gasteiger partial charge < -0.3 is 4.90 Å². The van der Waals surface area contributed by atoms with Gasteiger partial charge in [-0.3, -0.25) is 10.1 Å². The van der Waals surface area contributed by atoms with Crippen LogP contribution in [0, 0.1) is 10.1 Å². The Morgan fingerprint density at radius 2 is 2.00 bits per heavy atom. The summed E-state index contributed by atoms with van der Waals surface area (Å²) >= 11 is 0. The number of nitro groups is 1. The van der Waals surface area contributed by atoms with Gasteiger partial charge in [0.15, 0.2) is 0 Å². The number of rotatable bonds is 4. The highest BCUT2D eigenvalue weighted by atomic mass is 16.6. The Hall–Kier alpha value is -2.58. The molecule has 0 bridgehead atoms. The number of hydrogen-bond acceptors (Lipinski definition) is 7. The van der Waals surface area contributed by atoms with Crippen LogP contribution in [0.3, 0.4) is 0 Å². The second-order valence-electron chi connectivity index (χ2n) is 4.74. The van der Waals surface area contributed by atoms with Crippen LogP contribution in [0.2, 0.25) is 0 Å². The maximum Gasteiger partial charge on any atom is 0.307 e. The van der Waals surface area contributed by atoms with Crippen molar-refractivity contribution in [2.45, 2.75) is 19.8 Å². The molecular weight excluding hydrogens is 262 g/mol. The van der Waals surface area contributed by atoms with E-state index in [2.05, 4.69) is 20.1 Å². The van der Waals surface area contributed by atoms with Crippen LogP contribution in [-0.4, -0.2) is 43.8 Å². The van der Waals surface area contributed by atoms with Gasteiger partial charge in [0.25, 0.3) is 5.95 Å². The average molecular weight is 277 g/mol. The third-order valence-electron chi connectivity index (χ3n) is 2.53. The van der Waals surface area contributed by atoms with Gasteiger partial charge in [0, 0.05) is 20.0 Å². The van der Waals surface area contributed by atoms with E-state index in [-0.39, 0.29) is 17.6 Å². The Morgan fingerprint density at radius 1 is 1.30 bits per heavy atom. The SMILES string of the molecule is CC(C)c1nc(N(C)C)nc(-n2cc([N+](=O)[O-])cn2)n1. The molecule has 0 aromatic carbocycles. The predicted molar refractivity (Wildman–Crippen MR) is 72.0 cm³/mol. The summed E-state index contributed by atoms with van der Waals surface area (Å²) in [7, 11) is 3.63. The topological polar surface area (TPSA) is 103 Å². The summed E-state index contributed by atoms with van der Waals surface area (Å²) in [5.74, 6) is 1.47. The third kappa shape index (κ3) is 2.71. The molecule has 20 heavy (non-hydrogen) atoms. The van der Waals surface area contributed by atoms with Crippen LogP contribution < -0.4 is 4.90 Å². The first-order valence-corrected chi connectivity index (χ1v) is 6.01. The van der Waals surface area contributed by atoms with Gasteiger partial charge >= 0.3 is 5.69 Å². The molecule has 0 N–H and O–H groups in total. The van der Waals surface area contributed by atoms with E-state index in [0.717, 1.165) is 6.20 Å². The van der Waals surface area contributed by atoms with Crippen LogP contribution in [0.5, 0.6) is 0 Å². The molecule has 2 aromatic rings. The molecular formula is C11H15N7O2. The van der Waals surface area contributed by atoms with E-state index in [1.165, 1.54) is 10.9 Å². The van der Waals surface area contributed by atoms with Crippen molar-refractivity contribution >= 4 is 11.6 Å². The maximum absolute atomic E-state index is 10.7. The van der Waals surface area contributed by atoms with E-state index in [1.54, 1.807) is 4.90 Å². The number of hydrogen-bond donors (Lipinski definition) is 0. The van der Waals surface area contributed by atoms with Gasteiger partial charge in [-0.15, -0.1) is 0 Å². The van der Waals surface area contributed by atoms with E-state index >= 15 is 0 Å². The molecule has 0 aliphatic heterocycles. The Morgan fingerprint density at radius 3 is 2.50 bits per heavy atom. The highest BCUT2D eigenvalue weighted by Crippen LogP contribution is 2.16. The average Bonchev–Trinajstić information content (AvgIpc) is 2.87. The molecule has 0 amide bonds. The van der Waals surface area contributed by atoms with Crippen LogP contribution >= 0.6 is 0 Å². The van der Waals surface area contributed by atoms with E-state index < -0.39 is 4.92 Å². The molecule has 9 nitrogen and oxygen atoms in total. The Bertz CT molecular complexity index is 609. The van der Waals surface area contributed by atoms with Gasteiger partial charge in [-0.05, 0) is 0 Å². The van der Waals surface area contributed by atoms with Crippen LogP contribution in [0.25, 0.3) is 5.95 Å². The van der Waals surface area contributed by atoms with Crippen molar-refractivity contribution in [3.8, 4) is 5.95 Å². The normalized spacial score (nSPS) is 10.8. The lowest BCUT2D eigenvalue weighted by molar-refractivity contribution is -0.384. The monoisotopic (exact) mass is 277 g/mol. The minimum absolute atomic E-state index is 0.108. The molecule has 0 spiro atoms. The van der Waals surface area contributed by atoms with E-state index in [9.17, 15) is 10.1 Å². The molecule has 0 atom stereocenters. The molecule has 0 saturated heterocycles. The van der Waals surface area contributed by atoms with Gasteiger partial charge in [0.05, 0.1) is 4.92 Å². The zero-order valence-electron chi connectivity index (χ0n) is 11.7. The molecule has 2 heterocycles. The first-order valence-electron chi connectivity index (χ1n) is 6.01. The first-order chi connectivity index (χ1) is 9.38. The van der Waals surface area contributed by atoms with Crippen molar-refractivity contribution in [2.24, 2.45) is 0 Å². The molecule has 2 aromatic heterocycles. The highest BCUT2D eigenvalue weighted by Gasteiger charge is 2.15. The van der Waals surface area contributed by atoms with Gasteiger partial charge in [-0.1, -0.05) is 13.8 Å². The lowest BCUT2D eigenvalue weighted by Gasteiger charge is -2.13. The van der Waals surface area contributed by atoms with Crippen molar-refractivity contribution in [2.75, 3.05) is 19.0 Å². The number of nitrogens with zero attached hydrogens (tertiary/aromatic N) is 7. The summed E-state index contributed by atoms with van der Waals surface area (Å²) in [6, 6.07) is 0. The van der Waals surface area contributed by atoms with Crippen LogP contribution in [0.4, 0.5) is 11.6 Å². The van der Waals surface area contributed by atoms with Gasteiger partial charge in [0.1, 0.15) is 18.2 Å². The second-order valence-corrected chi connectivity index (χ2v) is 4.74. The molecule has 0 unspecified atom stereocenters. The fourth-order valence-corrected chi connectivity index (χ4v) is 1.45. The zero-order valence-corrected chi connectivity index (χ0v) is 11.7. The van der Waals surface area contributed by atoms with Gasteiger partial charge in [-0.2, -0.15) is 24.7 Å². The predicted octanol–water partition coefficient (Wildman–Crippen LogP) is 1.15. The largest absolute Gasteiger partial charge is 0.347 e. The summed E-state index contributed by atoms with van der Waals surface area (Å²) in [5, 5.41) is 14.6. The van der Waals surface area contributed by atoms with Crippen LogP contribution in [0.15, 0.2) is 12.4 Å². The lowest BCUT2D eigenvalue weighted by Crippen LogP contribution is -2.17. The molecule has 0 fully saturated rings. The smallest absolute Gasteiger partial charge is 0.307 e. The second kappa shape index (κ2) is 5.19. The molecule has 0 saturated carbocycles. The van der Waals surface area contributed by atoms with Crippen molar-refractivity contribution in [3.63, 3.8) is 0 Å². The zero-order chi connectivity index (χ0) is 14.9. The van der Waals surface area contributed by atoms with Gasteiger partial charge in [-0.25, -0.2) is 0 Å². The number of anilines is 1. The summed E-state index contributed by atoms with van der Waals surface area (Å²) in [6.45, 7) is 3.92. The first kappa shape index (κ1) is 13.8. The van der Waals surface area contributed by atoms with E-state index in [4.69, 9.17) is 0 Å². The number of aromatic nitrogens is 5. The van der Waals surface area contributed by atoms with Crippen molar-refractivity contribution < 1.29 is 4.92 Å². The molecule has 106 valence electrons. The van der Waals surface area contributed by atoms with Crippen LogP contribution in [-0.2, 0) is 0 Å². The summed E-state index contributed by atoms with van der Waals surface area (Å²) in [5.41, 5.74) is -0.108. The Labute approximate surface area is 115 Å². The quantitative estimate of drug-likeness (QED) is 0.610.